The fraction of sp³-hybridized carbons (Fsp3) is 0.417. The van der Waals surface area contributed by atoms with Crippen LogP contribution in [0, 0.1) is 11.3 Å². The summed E-state index contributed by atoms with van der Waals surface area (Å²) in [6.45, 7) is 2.47. The number of aliphatic hydroxyl groups is 2. The van der Waals surface area contributed by atoms with E-state index in [-0.39, 0.29) is 32.0 Å². The Labute approximate surface area is 192 Å². The minimum absolute atomic E-state index is 0.0582. The summed E-state index contributed by atoms with van der Waals surface area (Å²) < 4.78 is 12.0. The number of likely N-dealkylation sites (N-methyl/N-ethyl adjacent to an activating group) is 1. The van der Waals surface area contributed by atoms with E-state index in [1.807, 2.05) is 6.07 Å². The van der Waals surface area contributed by atoms with Crippen molar-refractivity contribution in [3.8, 4) is 6.07 Å². The van der Waals surface area contributed by atoms with Crippen LogP contribution >= 0.6 is 11.6 Å². The maximum Gasteiger partial charge on any atom is 0.252 e. The van der Waals surface area contributed by atoms with Gasteiger partial charge >= 0.3 is 0 Å². The highest BCUT2D eigenvalue weighted by atomic mass is 35.5. The number of carbonyl (C=O) groups is 1. The molecule has 4 atom stereocenters. The monoisotopic (exact) mass is 458 g/mol. The normalized spacial score (nSPS) is 25.2. The molecule has 1 amide bonds. The number of hydrogen-bond donors (Lipinski definition) is 3. The van der Waals surface area contributed by atoms with E-state index in [0.29, 0.717) is 17.1 Å². The van der Waals surface area contributed by atoms with Gasteiger partial charge in [0.05, 0.1) is 37.1 Å². The van der Waals surface area contributed by atoms with Crippen molar-refractivity contribution in [1.29, 1.82) is 5.26 Å². The molecule has 2 aromatic rings. The first-order valence-corrected chi connectivity index (χ1v) is 10.9. The molecule has 1 aliphatic rings. The van der Waals surface area contributed by atoms with Gasteiger partial charge in [0, 0.05) is 24.4 Å². The van der Waals surface area contributed by atoms with Crippen LogP contribution in [0.3, 0.4) is 0 Å². The molecule has 1 saturated carbocycles. The number of benzene rings is 2. The molecule has 0 bridgehead atoms. The van der Waals surface area contributed by atoms with Crippen molar-refractivity contribution >= 4 is 17.5 Å². The molecule has 32 heavy (non-hydrogen) atoms. The number of ether oxygens (including phenoxy) is 2. The number of amides is 1. The van der Waals surface area contributed by atoms with E-state index >= 15 is 0 Å². The van der Waals surface area contributed by atoms with Crippen LogP contribution in [0.1, 0.15) is 36.5 Å². The van der Waals surface area contributed by atoms with Crippen LogP contribution in [0.15, 0.2) is 48.5 Å². The maximum atomic E-state index is 13.0. The van der Waals surface area contributed by atoms with Crippen LogP contribution in [0.2, 0.25) is 5.02 Å². The smallest absolute Gasteiger partial charge is 0.252 e. The van der Waals surface area contributed by atoms with E-state index < -0.39 is 23.9 Å². The highest BCUT2D eigenvalue weighted by Gasteiger charge is 2.51. The van der Waals surface area contributed by atoms with Crippen LogP contribution in [0.5, 0.6) is 0 Å². The van der Waals surface area contributed by atoms with Crippen molar-refractivity contribution in [2.75, 3.05) is 6.54 Å². The maximum absolute atomic E-state index is 13.0. The molecule has 0 radical (unpaired) electrons. The summed E-state index contributed by atoms with van der Waals surface area (Å²) >= 11 is 6.05. The summed E-state index contributed by atoms with van der Waals surface area (Å²) in [6, 6.07) is 16.1. The molecule has 3 rings (SSSR count). The Morgan fingerprint density at radius 2 is 1.94 bits per heavy atom. The topological polar surface area (TPSA) is 112 Å². The molecule has 170 valence electrons. The summed E-state index contributed by atoms with van der Waals surface area (Å²) in [4.78, 5) is 13.0. The molecule has 0 aliphatic heterocycles. The predicted molar refractivity (Wildman–Crippen MR) is 119 cm³/mol. The van der Waals surface area contributed by atoms with Crippen molar-refractivity contribution < 1.29 is 24.5 Å². The number of nitrogens with zero attached hydrogens (tertiary/aromatic N) is 1. The Balaban J connectivity index is 1.77. The lowest BCUT2D eigenvalue weighted by Crippen LogP contribution is -2.60. The first kappa shape index (κ1) is 24.2. The average Bonchev–Trinajstić information content (AvgIpc) is 2.79. The molecule has 1 fully saturated rings. The summed E-state index contributed by atoms with van der Waals surface area (Å²) in [5.41, 5.74) is 0.759. The first-order chi connectivity index (χ1) is 15.4. The molecule has 0 saturated heterocycles. The number of nitrogens with one attached hydrogen (secondary N) is 1. The Bertz CT molecular complexity index is 962. The SMILES string of the molecule is CCNC(=O)[C@@]1(OCc2cccc(Cl)c2)CC(OCc2ccc(C#N)cc2)[C@H](O)[C@H](O)C1. The van der Waals surface area contributed by atoms with E-state index in [4.69, 9.17) is 26.3 Å². The molecule has 8 heteroatoms. The van der Waals surface area contributed by atoms with Crippen molar-refractivity contribution in [1.82, 2.24) is 5.32 Å². The minimum atomic E-state index is -1.37. The first-order valence-electron chi connectivity index (χ1n) is 10.5. The molecule has 1 aliphatic carbocycles. The third kappa shape index (κ3) is 5.85. The van der Waals surface area contributed by atoms with Crippen LogP contribution in [-0.4, -0.2) is 46.6 Å². The average molecular weight is 459 g/mol. The van der Waals surface area contributed by atoms with Gasteiger partial charge in [-0.2, -0.15) is 5.26 Å². The minimum Gasteiger partial charge on any atom is -0.390 e. The Hall–Kier alpha value is -2.47. The fourth-order valence-corrected chi connectivity index (χ4v) is 4.02. The second-order valence-electron chi connectivity index (χ2n) is 7.90. The molecular formula is C24H27ClN2O5. The van der Waals surface area contributed by atoms with Gasteiger partial charge in [0.15, 0.2) is 5.60 Å². The molecule has 1 unspecified atom stereocenters. The Morgan fingerprint density at radius 3 is 2.59 bits per heavy atom. The van der Waals surface area contributed by atoms with Gasteiger partial charge in [0.2, 0.25) is 0 Å². The fourth-order valence-electron chi connectivity index (χ4n) is 3.81. The Morgan fingerprint density at radius 1 is 1.19 bits per heavy atom. The van der Waals surface area contributed by atoms with Gasteiger partial charge in [-0.1, -0.05) is 35.9 Å². The zero-order chi connectivity index (χ0) is 23.1. The molecule has 2 aromatic carbocycles. The lowest BCUT2D eigenvalue weighted by atomic mass is 9.78. The summed E-state index contributed by atoms with van der Waals surface area (Å²) in [5.74, 6) is -0.361. The lowest BCUT2D eigenvalue weighted by molar-refractivity contribution is -0.200. The van der Waals surface area contributed by atoms with E-state index in [9.17, 15) is 15.0 Å². The van der Waals surface area contributed by atoms with Gasteiger partial charge in [-0.3, -0.25) is 4.79 Å². The Kier molecular flexibility index (Phi) is 8.24. The number of carbonyl (C=O) groups excluding carboxylic acids is 1. The van der Waals surface area contributed by atoms with Gasteiger partial charge < -0.3 is 25.0 Å². The number of nitriles is 1. The second kappa shape index (κ2) is 10.9. The summed E-state index contributed by atoms with van der Waals surface area (Å²) in [5, 5.41) is 33.4. The molecular weight excluding hydrogens is 432 g/mol. The standard InChI is InChI=1S/C24H27ClN2O5/c1-2-27-23(30)24(32-15-18-4-3-5-19(25)10-18)11-20(28)22(29)21(12-24)31-14-17-8-6-16(13-26)7-9-17/h3-10,20-22,28-29H,2,11-12,14-15H2,1H3,(H,27,30)/t20-,21?,22-,24+/m1/s1. The summed E-state index contributed by atoms with van der Waals surface area (Å²) in [6.07, 6.45) is -3.16. The highest BCUT2D eigenvalue weighted by molar-refractivity contribution is 6.30. The third-order valence-electron chi connectivity index (χ3n) is 5.55. The lowest BCUT2D eigenvalue weighted by Gasteiger charge is -2.43. The van der Waals surface area contributed by atoms with Crippen molar-refractivity contribution in [3.05, 3.63) is 70.2 Å². The quantitative estimate of drug-likeness (QED) is 0.560. The van der Waals surface area contributed by atoms with E-state index in [2.05, 4.69) is 11.4 Å². The van der Waals surface area contributed by atoms with Crippen molar-refractivity contribution in [3.63, 3.8) is 0 Å². The van der Waals surface area contributed by atoms with Crippen molar-refractivity contribution in [2.45, 2.75) is 56.9 Å². The zero-order valence-electron chi connectivity index (χ0n) is 17.8. The van der Waals surface area contributed by atoms with Crippen molar-refractivity contribution in [2.24, 2.45) is 0 Å². The predicted octanol–water partition coefficient (Wildman–Crippen LogP) is 2.70. The number of aliphatic hydroxyl groups excluding tert-OH is 2. The van der Waals surface area contributed by atoms with Gasteiger partial charge in [-0.15, -0.1) is 0 Å². The van der Waals surface area contributed by atoms with Crippen LogP contribution in [-0.2, 0) is 27.5 Å². The highest BCUT2D eigenvalue weighted by Crippen LogP contribution is 2.36. The summed E-state index contributed by atoms with van der Waals surface area (Å²) in [7, 11) is 0. The molecule has 0 spiro atoms. The van der Waals surface area contributed by atoms with Gasteiger partial charge in [-0.05, 0) is 42.3 Å². The van der Waals surface area contributed by atoms with Gasteiger partial charge in [0.1, 0.15) is 6.10 Å². The van der Waals surface area contributed by atoms with Crippen LogP contribution < -0.4 is 5.32 Å². The van der Waals surface area contributed by atoms with E-state index in [0.717, 1.165) is 11.1 Å². The van der Waals surface area contributed by atoms with E-state index in [1.165, 1.54) is 0 Å². The number of hydrogen-bond acceptors (Lipinski definition) is 6. The van der Waals surface area contributed by atoms with Crippen LogP contribution in [0.25, 0.3) is 0 Å². The molecule has 0 aromatic heterocycles. The van der Waals surface area contributed by atoms with Gasteiger partial charge in [0.25, 0.3) is 5.91 Å². The van der Waals surface area contributed by atoms with Gasteiger partial charge in [-0.25, -0.2) is 0 Å². The third-order valence-corrected chi connectivity index (χ3v) is 5.78. The zero-order valence-corrected chi connectivity index (χ0v) is 18.6. The number of rotatable bonds is 8. The second-order valence-corrected chi connectivity index (χ2v) is 8.33. The molecule has 7 nitrogen and oxygen atoms in total. The molecule has 3 N–H and O–H groups in total. The van der Waals surface area contributed by atoms with E-state index in [1.54, 1.807) is 49.4 Å². The number of halogens is 1. The molecule has 0 heterocycles. The van der Waals surface area contributed by atoms with Crippen LogP contribution in [0.4, 0.5) is 0 Å². The largest absolute Gasteiger partial charge is 0.390 e.